The molecular weight excluding hydrogens is 268 g/mol. The highest BCUT2D eigenvalue weighted by Crippen LogP contribution is 2.29. The number of benzene rings is 1. The quantitative estimate of drug-likeness (QED) is 0.798. The van der Waals surface area contributed by atoms with E-state index < -0.39 is 5.91 Å². The number of hydrogen-bond donors (Lipinski definition) is 1. The third-order valence-electron chi connectivity index (χ3n) is 3.24. The van der Waals surface area contributed by atoms with E-state index >= 15 is 0 Å². The van der Waals surface area contributed by atoms with Crippen LogP contribution in [-0.4, -0.2) is 10.9 Å². The molecule has 0 aliphatic heterocycles. The van der Waals surface area contributed by atoms with E-state index in [-0.39, 0.29) is 0 Å². The number of primary amides is 1. The van der Waals surface area contributed by atoms with Crippen LogP contribution in [0.5, 0.6) is 5.75 Å². The van der Waals surface area contributed by atoms with Crippen molar-refractivity contribution < 1.29 is 13.9 Å². The number of ether oxygens (including phenoxy) is 1. The molecule has 1 amide bonds. The maximum absolute atomic E-state index is 11.5. The molecule has 2 heterocycles. The molecule has 0 fully saturated rings. The molecule has 0 aliphatic carbocycles. The van der Waals surface area contributed by atoms with Gasteiger partial charge in [-0.3, -0.25) is 9.78 Å². The standard InChI is InChI=1S/C16H14N2O3/c1-10-15(16(17)19)13-8-12(2-3-14(13)21-10)20-9-11-4-6-18-7-5-11/h2-8H,9H2,1H3,(H2,17,19). The second-order valence-corrected chi connectivity index (χ2v) is 4.70. The largest absolute Gasteiger partial charge is 0.489 e. The average Bonchev–Trinajstić information content (AvgIpc) is 2.81. The van der Waals surface area contributed by atoms with Crippen molar-refractivity contribution >= 4 is 16.9 Å². The fraction of sp³-hybridized carbons (Fsp3) is 0.125. The van der Waals surface area contributed by atoms with Crippen LogP contribution in [0.15, 0.2) is 47.1 Å². The van der Waals surface area contributed by atoms with Crippen molar-refractivity contribution in [3.8, 4) is 5.75 Å². The molecule has 3 aromatic rings. The van der Waals surface area contributed by atoms with Gasteiger partial charge in [-0.05, 0) is 42.8 Å². The number of amides is 1. The first-order valence-corrected chi connectivity index (χ1v) is 6.50. The Balaban J connectivity index is 1.90. The molecule has 0 saturated heterocycles. The second kappa shape index (κ2) is 5.28. The van der Waals surface area contributed by atoms with Gasteiger partial charge in [-0.25, -0.2) is 0 Å². The summed E-state index contributed by atoms with van der Waals surface area (Å²) in [6, 6.07) is 9.12. The lowest BCUT2D eigenvalue weighted by Gasteiger charge is -2.06. The normalized spacial score (nSPS) is 10.7. The number of nitrogens with two attached hydrogens (primary N) is 1. The summed E-state index contributed by atoms with van der Waals surface area (Å²) in [6.45, 7) is 2.15. The number of fused-ring (bicyclic) bond motifs is 1. The lowest BCUT2D eigenvalue weighted by molar-refractivity contribution is 0.1000. The van der Waals surface area contributed by atoms with Crippen LogP contribution in [0.3, 0.4) is 0 Å². The summed E-state index contributed by atoms with van der Waals surface area (Å²) in [5.74, 6) is 0.670. The molecule has 2 N–H and O–H groups in total. The van der Waals surface area contributed by atoms with Crippen molar-refractivity contribution in [3.63, 3.8) is 0 Å². The van der Waals surface area contributed by atoms with Crippen LogP contribution < -0.4 is 10.5 Å². The average molecular weight is 282 g/mol. The molecular formula is C16H14N2O3. The number of nitrogens with zero attached hydrogens (tertiary/aromatic N) is 1. The first-order valence-electron chi connectivity index (χ1n) is 6.50. The molecule has 0 radical (unpaired) electrons. The lowest BCUT2D eigenvalue weighted by Crippen LogP contribution is -2.11. The fourth-order valence-corrected chi connectivity index (χ4v) is 2.24. The summed E-state index contributed by atoms with van der Waals surface area (Å²) in [6.07, 6.45) is 3.43. The van der Waals surface area contributed by atoms with Gasteiger partial charge >= 0.3 is 0 Å². The van der Waals surface area contributed by atoms with Gasteiger partial charge in [-0.15, -0.1) is 0 Å². The number of carbonyl (C=O) groups is 1. The van der Waals surface area contributed by atoms with Crippen LogP contribution in [0.4, 0.5) is 0 Å². The van der Waals surface area contributed by atoms with Gasteiger partial charge < -0.3 is 14.9 Å². The predicted molar refractivity (Wildman–Crippen MR) is 78.0 cm³/mol. The zero-order valence-corrected chi connectivity index (χ0v) is 11.5. The SMILES string of the molecule is Cc1oc2ccc(OCc3ccncc3)cc2c1C(N)=O. The second-order valence-electron chi connectivity index (χ2n) is 4.70. The van der Waals surface area contributed by atoms with Crippen LogP contribution >= 0.6 is 0 Å². The number of rotatable bonds is 4. The molecule has 3 rings (SSSR count). The molecule has 2 aromatic heterocycles. The first-order chi connectivity index (χ1) is 10.1. The highest BCUT2D eigenvalue weighted by atomic mass is 16.5. The van der Waals surface area contributed by atoms with E-state index in [4.69, 9.17) is 14.9 Å². The molecule has 21 heavy (non-hydrogen) atoms. The van der Waals surface area contributed by atoms with Crippen molar-refractivity contribution in [2.45, 2.75) is 13.5 Å². The van der Waals surface area contributed by atoms with Crippen molar-refractivity contribution in [2.24, 2.45) is 5.73 Å². The Kier molecular flexibility index (Phi) is 3.31. The molecule has 5 nitrogen and oxygen atoms in total. The molecule has 0 spiro atoms. The van der Waals surface area contributed by atoms with E-state index in [0.717, 1.165) is 5.56 Å². The third-order valence-corrected chi connectivity index (χ3v) is 3.24. The van der Waals surface area contributed by atoms with E-state index in [0.29, 0.717) is 34.6 Å². The molecule has 0 bridgehead atoms. The fourth-order valence-electron chi connectivity index (χ4n) is 2.24. The zero-order chi connectivity index (χ0) is 14.8. The van der Waals surface area contributed by atoms with Crippen molar-refractivity contribution in [2.75, 3.05) is 0 Å². The monoisotopic (exact) mass is 282 g/mol. The molecule has 0 atom stereocenters. The summed E-state index contributed by atoms with van der Waals surface area (Å²) < 4.78 is 11.2. The Morgan fingerprint density at radius 2 is 2.05 bits per heavy atom. The smallest absolute Gasteiger partial charge is 0.252 e. The summed E-state index contributed by atoms with van der Waals surface area (Å²) in [7, 11) is 0. The number of carbonyl (C=O) groups excluding carboxylic acids is 1. The first kappa shape index (κ1) is 13.2. The topological polar surface area (TPSA) is 78.3 Å². The maximum atomic E-state index is 11.5. The van der Waals surface area contributed by atoms with Gasteiger partial charge in [0.1, 0.15) is 23.7 Å². The van der Waals surface area contributed by atoms with E-state index in [9.17, 15) is 4.79 Å². The van der Waals surface area contributed by atoms with Crippen molar-refractivity contribution in [1.29, 1.82) is 0 Å². The Bertz CT molecular complexity index is 794. The Morgan fingerprint density at radius 1 is 1.29 bits per heavy atom. The maximum Gasteiger partial charge on any atom is 0.252 e. The van der Waals surface area contributed by atoms with Crippen LogP contribution in [0, 0.1) is 6.92 Å². The minimum absolute atomic E-state index is 0.402. The number of aryl methyl sites for hydroxylation is 1. The molecule has 106 valence electrons. The van der Waals surface area contributed by atoms with Gasteiger partial charge in [-0.1, -0.05) is 0 Å². The Hall–Kier alpha value is -2.82. The van der Waals surface area contributed by atoms with Crippen molar-refractivity contribution in [1.82, 2.24) is 4.98 Å². The molecule has 0 saturated carbocycles. The highest BCUT2D eigenvalue weighted by Gasteiger charge is 2.16. The van der Waals surface area contributed by atoms with Gasteiger partial charge in [0.05, 0.1) is 5.56 Å². The number of furan rings is 1. The predicted octanol–water partition coefficient (Wildman–Crippen LogP) is 2.81. The Labute approximate surface area is 121 Å². The number of hydrogen-bond acceptors (Lipinski definition) is 4. The van der Waals surface area contributed by atoms with E-state index in [1.165, 1.54) is 0 Å². The van der Waals surface area contributed by atoms with Gasteiger partial charge in [0.2, 0.25) is 0 Å². The van der Waals surface area contributed by atoms with Gasteiger partial charge in [-0.2, -0.15) is 0 Å². The third kappa shape index (κ3) is 2.58. The van der Waals surface area contributed by atoms with E-state index in [1.807, 2.05) is 12.1 Å². The zero-order valence-electron chi connectivity index (χ0n) is 11.5. The molecule has 0 aliphatic rings. The summed E-state index contributed by atoms with van der Waals surface area (Å²) in [5.41, 5.74) is 7.44. The minimum Gasteiger partial charge on any atom is -0.489 e. The summed E-state index contributed by atoms with van der Waals surface area (Å²) >= 11 is 0. The van der Waals surface area contributed by atoms with Gasteiger partial charge in [0.15, 0.2) is 0 Å². The van der Waals surface area contributed by atoms with Crippen molar-refractivity contribution in [3.05, 3.63) is 59.6 Å². The Morgan fingerprint density at radius 3 is 2.76 bits per heavy atom. The van der Waals surface area contributed by atoms with Crippen LogP contribution in [0.1, 0.15) is 21.7 Å². The molecule has 0 unspecified atom stereocenters. The summed E-state index contributed by atoms with van der Waals surface area (Å²) in [5, 5.41) is 0.673. The van der Waals surface area contributed by atoms with E-state index in [2.05, 4.69) is 4.98 Å². The minimum atomic E-state index is -0.502. The number of aromatic nitrogens is 1. The lowest BCUT2D eigenvalue weighted by atomic mass is 10.1. The van der Waals surface area contributed by atoms with Gasteiger partial charge in [0.25, 0.3) is 5.91 Å². The molecule has 1 aromatic carbocycles. The van der Waals surface area contributed by atoms with Gasteiger partial charge in [0, 0.05) is 17.8 Å². The highest BCUT2D eigenvalue weighted by molar-refractivity contribution is 6.06. The molecule has 5 heteroatoms. The number of pyridine rings is 1. The van der Waals surface area contributed by atoms with Crippen LogP contribution in [-0.2, 0) is 6.61 Å². The van der Waals surface area contributed by atoms with Crippen LogP contribution in [0.2, 0.25) is 0 Å². The van der Waals surface area contributed by atoms with Crippen LogP contribution in [0.25, 0.3) is 11.0 Å². The van der Waals surface area contributed by atoms with E-state index in [1.54, 1.807) is 37.5 Å². The summed E-state index contributed by atoms with van der Waals surface area (Å²) in [4.78, 5) is 15.5.